The van der Waals surface area contributed by atoms with Gasteiger partial charge in [0.2, 0.25) is 0 Å². The van der Waals surface area contributed by atoms with Gasteiger partial charge in [-0.05, 0) is 47.8 Å². The Morgan fingerprint density at radius 1 is 1.09 bits per heavy atom. The Labute approximate surface area is 215 Å². The van der Waals surface area contributed by atoms with Gasteiger partial charge in [-0.3, -0.25) is 9.59 Å². The number of aliphatic carboxylic acids is 1. The van der Waals surface area contributed by atoms with Crippen LogP contribution in [0.4, 0.5) is 0 Å². The number of Topliss-reactive ketones (excluding diaryl/α,β-unsaturated/α-hetero) is 1. The summed E-state index contributed by atoms with van der Waals surface area (Å²) in [7, 11) is 0. The van der Waals surface area contributed by atoms with E-state index in [1.54, 1.807) is 12.2 Å². The smallest absolute Gasteiger partial charge is 0.313 e. The molecular formula is C28H30O5S2. The molecule has 0 aliphatic heterocycles. The Morgan fingerprint density at radius 3 is 2.60 bits per heavy atom. The van der Waals surface area contributed by atoms with Crippen molar-refractivity contribution in [3.05, 3.63) is 83.4 Å². The predicted octanol–water partition coefficient (Wildman–Crippen LogP) is 3.81. The first-order valence-electron chi connectivity index (χ1n) is 11.6. The molecular weight excluding hydrogens is 480 g/mol. The number of aliphatic hydroxyl groups is 2. The Hall–Kier alpha value is -2.50. The van der Waals surface area contributed by atoms with Crippen molar-refractivity contribution in [1.29, 1.82) is 0 Å². The lowest BCUT2D eigenvalue weighted by Gasteiger charge is -2.17. The molecule has 184 valence electrons. The van der Waals surface area contributed by atoms with Crippen LogP contribution >= 0.6 is 23.5 Å². The number of thioether (sulfide) groups is 2. The van der Waals surface area contributed by atoms with Crippen molar-refractivity contribution >= 4 is 35.3 Å². The molecule has 7 heteroatoms. The quantitative estimate of drug-likeness (QED) is 0.240. The first kappa shape index (κ1) is 27.1. The van der Waals surface area contributed by atoms with E-state index in [1.807, 2.05) is 54.6 Å². The summed E-state index contributed by atoms with van der Waals surface area (Å²) < 4.78 is 0. The highest BCUT2D eigenvalue weighted by Gasteiger charge is 2.40. The zero-order valence-electron chi connectivity index (χ0n) is 19.4. The Kier molecular flexibility index (Phi) is 11.0. The van der Waals surface area contributed by atoms with Crippen molar-refractivity contribution in [2.24, 2.45) is 5.92 Å². The minimum Gasteiger partial charge on any atom is -0.481 e. The van der Waals surface area contributed by atoms with E-state index in [9.17, 15) is 19.8 Å². The molecule has 0 amide bonds. The molecule has 3 rings (SSSR count). The summed E-state index contributed by atoms with van der Waals surface area (Å²) in [6, 6.07) is 17.5. The maximum absolute atomic E-state index is 12.4. The number of carboxylic acid groups (broad SMARTS) is 1. The SMILES string of the molecule is O=C(O)CSCCCS[C@H]1C(=O)C[C@@H](O)[C@@H]1/C=C/[C@@H](O)Cc1cccc(C#Cc2ccccc2)c1. The number of rotatable bonds is 11. The molecule has 3 N–H and O–H groups in total. The molecule has 0 spiro atoms. The molecule has 0 bridgehead atoms. The monoisotopic (exact) mass is 510 g/mol. The Bertz CT molecular complexity index is 1070. The van der Waals surface area contributed by atoms with Gasteiger partial charge in [0.05, 0.1) is 23.2 Å². The van der Waals surface area contributed by atoms with Crippen LogP contribution in [0.25, 0.3) is 0 Å². The maximum atomic E-state index is 12.4. The van der Waals surface area contributed by atoms with Gasteiger partial charge in [0.1, 0.15) is 5.78 Å². The van der Waals surface area contributed by atoms with Gasteiger partial charge in [-0.1, -0.05) is 54.3 Å². The minimum absolute atomic E-state index is 0.0227. The molecule has 1 aliphatic carbocycles. The fraction of sp³-hybridized carbons (Fsp3) is 0.357. The normalized spacial score (nSPS) is 20.5. The molecule has 0 unspecified atom stereocenters. The second-order valence-electron chi connectivity index (χ2n) is 8.38. The summed E-state index contributed by atoms with van der Waals surface area (Å²) in [6.07, 6.45) is 3.28. The number of carbonyl (C=O) groups is 2. The summed E-state index contributed by atoms with van der Waals surface area (Å²) in [6.45, 7) is 0. The summed E-state index contributed by atoms with van der Waals surface area (Å²) in [5.74, 6) is 6.67. The van der Waals surface area contributed by atoms with E-state index in [4.69, 9.17) is 5.11 Å². The van der Waals surface area contributed by atoms with Crippen LogP contribution in [0, 0.1) is 17.8 Å². The third-order valence-electron chi connectivity index (χ3n) is 5.53. The molecule has 0 heterocycles. The van der Waals surface area contributed by atoms with Crippen molar-refractivity contribution in [2.45, 2.75) is 36.7 Å². The molecule has 1 aliphatic rings. The van der Waals surface area contributed by atoms with Gasteiger partial charge in [0.25, 0.3) is 0 Å². The molecule has 2 aromatic carbocycles. The fourth-order valence-electron chi connectivity index (χ4n) is 3.85. The Morgan fingerprint density at radius 2 is 1.83 bits per heavy atom. The molecule has 35 heavy (non-hydrogen) atoms. The first-order chi connectivity index (χ1) is 16.9. The van der Waals surface area contributed by atoms with E-state index in [-0.39, 0.29) is 29.1 Å². The van der Waals surface area contributed by atoms with Crippen molar-refractivity contribution in [1.82, 2.24) is 0 Å². The zero-order valence-corrected chi connectivity index (χ0v) is 21.0. The van der Waals surface area contributed by atoms with Crippen LogP contribution in [0.15, 0.2) is 66.7 Å². The van der Waals surface area contributed by atoms with Gasteiger partial charge in [0.15, 0.2) is 0 Å². The highest BCUT2D eigenvalue weighted by atomic mass is 32.2. The van der Waals surface area contributed by atoms with Gasteiger partial charge < -0.3 is 15.3 Å². The number of hydrogen-bond donors (Lipinski definition) is 3. The van der Waals surface area contributed by atoms with Crippen LogP contribution in [0.3, 0.4) is 0 Å². The van der Waals surface area contributed by atoms with Gasteiger partial charge in [-0.15, -0.1) is 11.8 Å². The van der Waals surface area contributed by atoms with Crippen molar-refractivity contribution in [2.75, 3.05) is 17.3 Å². The number of hydrogen-bond acceptors (Lipinski definition) is 6. The molecule has 0 saturated heterocycles. The van der Waals surface area contributed by atoms with Crippen LogP contribution in [0.5, 0.6) is 0 Å². The second kappa shape index (κ2) is 14.2. The zero-order chi connectivity index (χ0) is 25.0. The third-order valence-corrected chi connectivity index (χ3v) is 8.02. The highest BCUT2D eigenvalue weighted by Crippen LogP contribution is 2.34. The van der Waals surface area contributed by atoms with Crippen LogP contribution < -0.4 is 0 Å². The lowest BCUT2D eigenvalue weighted by atomic mass is 10.0. The molecule has 1 saturated carbocycles. The number of benzene rings is 2. The van der Waals surface area contributed by atoms with Crippen LogP contribution in [-0.2, 0) is 16.0 Å². The van der Waals surface area contributed by atoms with Crippen LogP contribution in [0.2, 0.25) is 0 Å². The number of aliphatic hydroxyl groups excluding tert-OH is 2. The van der Waals surface area contributed by atoms with Gasteiger partial charge in [-0.2, -0.15) is 11.8 Å². The maximum Gasteiger partial charge on any atom is 0.313 e. The van der Waals surface area contributed by atoms with E-state index in [2.05, 4.69) is 11.8 Å². The summed E-state index contributed by atoms with van der Waals surface area (Å²) >= 11 is 2.87. The number of carboxylic acids is 1. The summed E-state index contributed by atoms with van der Waals surface area (Å²) in [5, 5.41) is 29.3. The molecule has 1 fully saturated rings. The highest BCUT2D eigenvalue weighted by molar-refractivity contribution is 8.01. The summed E-state index contributed by atoms with van der Waals surface area (Å²) in [5.41, 5.74) is 2.77. The standard InChI is InChI=1S/C28H30O5S2/c29-23(17-22-9-4-8-21(16-22)11-10-20-6-2-1-3-7-20)12-13-24-25(30)18-26(31)28(24)35-15-5-14-34-19-27(32)33/h1-4,6-9,12-13,16,23-25,28-30H,5,14-15,17-19H2,(H,32,33)/b13-12+/t23-,24+,25-,28-/m1/s1. The third kappa shape index (κ3) is 9.23. The molecule has 4 atom stereocenters. The van der Waals surface area contributed by atoms with Crippen molar-refractivity contribution < 1.29 is 24.9 Å². The molecule has 0 radical (unpaired) electrons. The average molecular weight is 511 g/mol. The van der Waals surface area contributed by atoms with Gasteiger partial charge in [0, 0.05) is 29.9 Å². The molecule has 2 aromatic rings. The molecule has 5 nitrogen and oxygen atoms in total. The summed E-state index contributed by atoms with van der Waals surface area (Å²) in [4.78, 5) is 22.9. The van der Waals surface area contributed by atoms with Crippen LogP contribution in [-0.4, -0.2) is 61.8 Å². The minimum atomic E-state index is -0.827. The largest absolute Gasteiger partial charge is 0.481 e. The van der Waals surface area contributed by atoms with E-state index in [0.29, 0.717) is 6.42 Å². The average Bonchev–Trinajstić information content (AvgIpc) is 3.11. The topological polar surface area (TPSA) is 94.8 Å². The fourth-order valence-corrected chi connectivity index (χ4v) is 6.04. The van der Waals surface area contributed by atoms with Crippen LogP contribution in [0.1, 0.15) is 29.5 Å². The Balaban J connectivity index is 1.53. The number of carbonyl (C=O) groups excluding carboxylic acids is 1. The molecule has 0 aromatic heterocycles. The van der Waals surface area contributed by atoms with Crippen molar-refractivity contribution in [3.8, 4) is 11.8 Å². The van der Waals surface area contributed by atoms with E-state index in [1.165, 1.54) is 23.5 Å². The lowest BCUT2D eigenvalue weighted by Crippen LogP contribution is -2.22. The van der Waals surface area contributed by atoms with Gasteiger partial charge >= 0.3 is 5.97 Å². The van der Waals surface area contributed by atoms with Gasteiger partial charge in [-0.25, -0.2) is 0 Å². The van der Waals surface area contributed by atoms with E-state index < -0.39 is 18.2 Å². The lowest BCUT2D eigenvalue weighted by molar-refractivity contribution is -0.133. The second-order valence-corrected chi connectivity index (χ2v) is 10.7. The van der Waals surface area contributed by atoms with E-state index in [0.717, 1.165) is 34.6 Å². The van der Waals surface area contributed by atoms with Crippen molar-refractivity contribution in [3.63, 3.8) is 0 Å². The predicted molar refractivity (Wildman–Crippen MR) is 143 cm³/mol. The first-order valence-corrected chi connectivity index (χ1v) is 13.8. The van der Waals surface area contributed by atoms with E-state index >= 15 is 0 Å². The number of ketones is 1.